The SMILES string of the molecule is COc1ccccc1NC(=O)CNc1ccc(OCCOc2ccccc2)cc1. The molecule has 29 heavy (non-hydrogen) atoms. The number of hydrogen-bond acceptors (Lipinski definition) is 5. The third-order valence-electron chi connectivity index (χ3n) is 4.05. The van der Waals surface area contributed by atoms with Gasteiger partial charge in [0.1, 0.15) is 30.5 Å². The fourth-order valence-corrected chi connectivity index (χ4v) is 2.63. The Morgan fingerprint density at radius 1 is 0.793 bits per heavy atom. The van der Waals surface area contributed by atoms with Crippen LogP contribution >= 0.6 is 0 Å². The molecule has 0 spiro atoms. The summed E-state index contributed by atoms with van der Waals surface area (Å²) in [6, 6.07) is 24.3. The summed E-state index contributed by atoms with van der Waals surface area (Å²) in [4.78, 5) is 12.1. The summed E-state index contributed by atoms with van der Waals surface area (Å²) in [6.07, 6.45) is 0. The van der Waals surface area contributed by atoms with Crippen molar-refractivity contribution in [2.45, 2.75) is 0 Å². The van der Waals surface area contributed by atoms with E-state index < -0.39 is 0 Å². The Morgan fingerprint density at radius 3 is 2.10 bits per heavy atom. The lowest BCUT2D eigenvalue weighted by Gasteiger charge is -2.11. The van der Waals surface area contributed by atoms with Crippen molar-refractivity contribution in [2.75, 3.05) is 37.5 Å². The van der Waals surface area contributed by atoms with E-state index in [9.17, 15) is 4.79 Å². The van der Waals surface area contributed by atoms with Crippen LogP contribution in [0.4, 0.5) is 11.4 Å². The summed E-state index contributed by atoms with van der Waals surface area (Å²) < 4.78 is 16.5. The van der Waals surface area contributed by atoms with Gasteiger partial charge in [-0.05, 0) is 48.5 Å². The van der Waals surface area contributed by atoms with E-state index in [2.05, 4.69) is 10.6 Å². The molecule has 0 heterocycles. The predicted molar refractivity (Wildman–Crippen MR) is 114 cm³/mol. The third-order valence-corrected chi connectivity index (χ3v) is 4.05. The minimum Gasteiger partial charge on any atom is -0.495 e. The molecule has 3 rings (SSSR count). The first-order valence-corrected chi connectivity index (χ1v) is 9.32. The molecule has 0 aliphatic heterocycles. The number of benzene rings is 3. The van der Waals surface area contributed by atoms with Gasteiger partial charge in [-0.15, -0.1) is 0 Å². The van der Waals surface area contributed by atoms with Crippen LogP contribution in [0.3, 0.4) is 0 Å². The number of rotatable bonds is 10. The number of para-hydroxylation sites is 3. The molecule has 6 heteroatoms. The van der Waals surface area contributed by atoms with E-state index in [1.54, 1.807) is 19.2 Å². The minimum absolute atomic E-state index is 0.142. The zero-order valence-corrected chi connectivity index (χ0v) is 16.3. The number of nitrogens with one attached hydrogen (secondary N) is 2. The summed E-state index contributed by atoms with van der Waals surface area (Å²) in [6.45, 7) is 1.05. The standard InChI is InChI=1S/C23H24N2O4/c1-27-22-10-6-5-9-21(22)25-23(26)17-24-18-11-13-20(14-12-18)29-16-15-28-19-7-3-2-4-8-19/h2-14,24H,15-17H2,1H3,(H,25,26). The average Bonchev–Trinajstić information content (AvgIpc) is 2.77. The Labute approximate surface area is 170 Å². The van der Waals surface area contributed by atoms with Crippen LogP contribution in [0.25, 0.3) is 0 Å². The molecule has 3 aromatic carbocycles. The van der Waals surface area contributed by atoms with Crippen LogP contribution in [-0.4, -0.2) is 32.8 Å². The molecule has 0 aliphatic rings. The number of ether oxygens (including phenoxy) is 3. The largest absolute Gasteiger partial charge is 0.495 e. The molecule has 6 nitrogen and oxygen atoms in total. The Bertz CT molecular complexity index is 898. The summed E-state index contributed by atoms with van der Waals surface area (Å²) in [7, 11) is 1.57. The molecule has 0 aromatic heterocycles. The van der Waals surface area contributed by atoms with Crippen molar-refractivity contribution in [2.24, 2.45) is 0 Å². The van der Waals surface area contributed by atoms with Crippen molar-refractivity contribution in [3.05, 3.63) is 78.9 Å². The van der Waals surface area contributed by atoms with Gasteiger partial charge >= 0.3 is 0 Å². The van der Waals surface area contributed by atoms with Crippen molar-refractivity contribution in [3.8, 4) is 17.2 Å². The van der Waals surface area contributed by atoms with Gasteiger partial charge in [-0.1, -0.05) is 30.3 Å². The van der Waals surface area contributed by atoms with E-state index in [1.165, 1.54) is 0 Å². The molecular formula is C23H24N2O4. The van der Waals surface area contributed by atoms with Gasteiger partial charge in [-0.3, -0.25) is 4.79 Å². The van der Waals surface area contributed by atoms with Crippen LogP contribution in [0, 0.1) is 0 Å². The second-order valence-corrected chi connectivity index (χ2v) is 6.14. The van der Waals surface area contributed by atoms with Gasteiger partial charge in [0, 0.05) is 5.69 Å². The number of amides is 1. The molecular weight excluding hydrogens is 368 g/mol. The lowest BCUT2D eigenvalue weighted by Crippen LogP contribution is -2.22. The molecule has 1 amide bonds. The lowest BCUT2D eigenvalue weighted by atomic mass is 10.3. The second-order valence-electron chi connectivity index (χ2n) is 6.14. The van der Waals surface area contributed by atoms with Crippen LogP contribution in [0.5, 0.6) is 17.2 Å². The molecule has 0 bridgehead atoms. The molecule has 0 atom stereocenters. The molecule has 0 unspecified atom stereocenters. The molecule has 0 saturated carbocycles. The Balaban J connectivity index is 1.39. The lowest BCUT2D eigenvalue weighted by molar-refractivity contribution is -0.114. The van der Waals surface area contributed by atoms with E-state index in [-0.39, 0.29) is 12.5 Å². The highest BCUT2D eigenvalue weighted by atomic mass is 16.5. The maximum Gasteiger partial charge on any atom is 0.243 e. The number of carbonyl (C=O) groups excluding carboxylic acids is 1. The van der Waals surface area contributed by atoms with Gasteiger partial charge in [-0.2, -0.15) is 0 Å². The van der Waals surface area contributed by atoms with Gasteiger partial charge in [-0.25, -0.2) is 0 Å². The highest BCUT2D eigenvalue weighted by molar-refractivity contribution is 5.95. The average molecular weight is 392 g/mol. The van der Waals surface area contributed by atoms with Gasteiger partial charge in [0.05, 0.1) is 19.3 Å². The molecule has 0 fully saturated rings. The van der Waals surface area contributed by atoms with Crippen molar-refractivity contribution >= 4 is 17.3 Å². The van der Waals surface area contributed by atoms with Crippen molar-refractivity contribution < 1.29 is 19.0 Å². The maximum atomic E-state index is 12.1. The Hall–Kier alpha value is -3.67. The van der Waals surface area contributed by atoms with E-state index in [1.807, 2.05) is 66.7 Å². The van der Waals surface area contributed by atoms with E-state index >= 15 is 0 Å². The molecule has 0 aliphatic carbocycles. The predicted octanol–water partition coefficient (Wildman–Crippen LogP) is 4.20. The van der Waals surface area contributed by atoms with Crippen molar-refractivity contribution in [1.82, 2.24) is 0 Å². The van der Waals surface area contributed by atoms with Gasteiger partial charge in [0.25, 0.3) is 0 Å². The summed E-state index contributed by atoms with van der Waals surface area (Å²) in [5.74, 6) is 2.03. The smallest absolute Gasteiger partial charge is 0.243 e. The van der Waals surface area contributed by atoms with Crippen LogP contribution in [-0.2, 0) is 4.79 Å². The molecule has 0 radical (unpaired) electrons. The Kier molecular flexibility index (Phi) is 7.34. The first-order chi connectivity index (χ1) is 14.2. The zero-order valence-electron chi connectivity index (χ0n) is 16.3. The maximum absolute atomic E-state index is 12.1. The fraction of sp³-hybridized carbons (Fsp3) is 0.174. The quantitative estimate of drug-likeness (QED) is 0.506. The van der Waals surface area contributed by atoms with Gasteiger partial charge < -0.3 is 24.8 Å². The second kappa shape index (κ2) is 10.6. The summed E-state index contributed by atoms with van der Waals surface area (Å²) >= 11 is 0. The molecule has 3 aromatic rings. The topological polar surface area (TPSA) is 68.8 Å². The normalized spacial score (nSPS) is 10.1. The number of hydrogen-bond donors (Lipinski definition) is 2. The summed E-state index contributed by atoms with van der Waals surface area (Å²) in [5, 5.41) is 5.91. The van der Waals surface area contributed by atoms with Crippen LogP contribution in [0.1, 0.15) is 0 Å². The number of anilines is 2. The number of carbonyl (C=O) groups is 1. The van der Waals surface area contributed by atoms with E-state index in [0.29, 0.717) is 24.7 Å². The van der Waals surface area contributed by atoms with E-state index in [0.717, 1.165) is 17.2 Å². The van der Waals surface area contributed by atoms with Gasteiger partial charge in [0.15, 0.2) is 0 Å². The highest BCUT2D eigenvalue weighted by Crippen LogP contribution is 2.23. The molecule has 0 saturated heterocycles. The van der Waals surface area contributed by atoms with Gasteiger partial charge in [0.2, 0.25) is 5.91 Å². The molecule has 150 valence electrons. The fourth-order valence-electron chi connectivity index (χ4n) is 2.63. The number of methoxy groups -OCH3 is 1. The monoisotopic (exact) mass is 392 g/mol. The van der Waals surface area contributed by atoms with Crippen LogP contribution < -0.4 is 24.8 Å². The highest BCUT2D eigenvalue weighted by Gasteiger charge is 2.06. The first-order valence-electron chi connectivity index (χ1n) is 9.32. The minimum atomic E-state index is -0.159. The Morgan fingerprint density at radius 2 is 1.41 bits per heavy atom. The first kappa shape index (κ1) is 20.1. The zero-order chi connectivity index (χ0) is 20.3. The van der Waals surface area contributed by atoms with Crippen LogP contribution in [0.2, 0.25) is 0 Å². The van der Waals surface area contributed by atoms with Crippen molar-refractivity contribution in [3.63, 3.8) is 0 Å². The van der Waals surface area contributed by atoms with Crippen LogP contribution in [0.15, 0.2) is 78.9 Å². The molecule has 2 N–H and O–H groups in total. The van der Waals surface area contributed by atoms with E-state index in [4.69, 9.17) is 14.2 Å². The summed E-state index contributed by atoms with van der Waals surface area (Å²) in [5.41, 5.74) is 1.47. The third kappa shape index (κ3) is 6.46. The van der Waals surface area contributed by atoms with Crippen molar-refractivity contribution in [1.29, 1.82) is 0 Å².